The molecule has 3 aromatic rings. The molecule has 0 aliphatic carbocycles. The van der Waals surface area contributed by atoms with Crippen LogP contribution in [-0.4, -0.2) is 30.8 Å². The van der Waals surface area contributed by atoms with E-state index in [1.165, 1.54) is 11.3 Å². The van der Waals surface area contributed by atoms with Gasteiger partial charge in [0, 0.05) is 0 Å². The number of benzene rings is 2. The molecule has 1 heterocycles. The van der Waals surface area contributed by atoms with Crippen molar-refractivity contribution in [2.24, 2.45) is 0 Å². The lowest BCUT2D eigenvalue weighted by atomic mass is 10.2. The average Bonchev–Trinajstić information content (AvgIpc) is 3.11. The molecule has 0 atom stereocenters. The van der Waals surface area contributed by atoms with Crippen LogP contribution in [-0.2, 0) is 11.3 Å². The number of hydrogen-bond acceptors (Lipinski definition) is 7. The van der Waals surface area contributed by atoms with Crippen LogP contribution in [0.25, 0.3) is 10.2 Å². The Bertz CT molecular complexity index is 893. The average molecular weight is 401 g/mol. The number of nitrogens with zero attached hydrogens (tertiary/aromatic N) is 1. The molecular weight excluding hydrogens is 378 g/mol. The highest BCUT2D eigenvalue weighted by atomic mass is 32.1. The molecule has 2 aromatic carbocycles. The van der Waals surface area contributed by atoms with Crippen LogP contribution >= 0.6 is 11.3 Å². The molecule has 0 N–H and O–H groups in total. The summed E-state index contributed by atoms with van der Waals surface area (Å²) in [6.45, 7) is 7.07. The molecule has 0 unspecified atom stereocenters. The second kappa shape index (κ2) is 9.41. The number of thiazole rings is 1. The van der Waals surface area contributed by atoms with Crippen molar-refractivity contribution in [3.8, 4) is 17.2 Å². The number of ether oxygens (including phenoxy) is 4. The number of fused-ring (bicyclic) bond motifs is 1. The fourth-order valence-corrected chi connectivity index (χ4v) is 3.58. The minimum absolute atomic E-state index is 0.110. The Hall–Kier alpha value is -2.80. The first-order chi connectivity index (χ1) is 13.7. The standard InChI is InChI=1S/C21H23NO5S/c1-4-24-16-11-14(12-17(25-5-2)20(16)26-6-3)21(23)27-13-19-22-15-9-7-8-10-18(15)28-19/h7-12H,4-6,13H2,1-3H3. The Kier molecular flexibility index (Phi) is 6.71. The first-order valence-corrected chi connectivity index (χ1v) is 10.1. The molecule has 0 radical (unpaired) electrons. The van der Waals surface area contributed by atoms with E-state index in [9.17, 15) is 4.79 Å². The van der Waals surface area contributed by atoms with E-state index in [-0.39, 0.29) is 6.61 Å². The van der Waals surface area contributed by atoms with Gasteiger partial charge in [0.05, 0.1) is 35.6 Å². The topological polar surface area (TPSA) is 66.9 Å². The number of hydrogen-bond donors (Lipinski definition) is 0. The van der Waals surface area contributed by atoms with Crippen molar-refractivity contribution < 1.29 is 23.7 Å². The highest BCUT2D eigenvalue weighted by molar-refractivity contribution is 7.18. The zero-order chi connectivity index (χ0) is 19.9. The predicted octanol–water partition coefficient (Wildman–Crippen LogP) is 4.85. The van der Waals surface area contributed by atoms with E-state index in [1.807, 2.05) is 45.0 Å². The van der Waals surface area contributed by atoms with Gasteiger partial charge in [-0.3, -0.25) is 0 Å². The van der Waals surface area contributed by atoms with Gasteiger partial charge in [0.1, 0.15) is 11.6 Å². The zero-order valence-corrected chi connectivity index (χ0v) is 17.0. The molecule has 0 spiro atoms. The molecule has 148 valence electrons. The molecule has 0 fully saturated rings. The summed E-state index contributed by atoms with van der Waals surface area (Å²) >= 11 is 1.51. The summed E-state index contributed by atoms with van der Waals surface area (Å²) in [6, 6.07) is 11.1. The number of carbonyl (C=O) groups is 1. The van der Waals surface area contributed by atoms with E-state index in [4.69, 9.17) is 18.9 Å². The van der Waals surface area contributed by atoms with Gasteiger partial charge in [0.15, 0.2) is 11.5 Å². The van der Waals surface area contributed by atoms with Crippen molar-refractivity contribution in [1.29, 1.82) is 0 Å². The van der Waals surface area contributed by atoms with Crippen LogP contribution in [0.1, 0.15) is 36.1 Å². The normalized spacial score (nSPS) is 10.7. The van der Waals surface area contributed by atoms with Gasteiger partial charge in [-0.2, -0.15) is 0 Å². The number of esters is 1. The van der Waals surface area contributed by atoms with Crippen LogP contribution < -0.4 is 14.2 Å². The lowest BCUT2D eigenvalue weighted by Crippen LogP contribution is -2.08. The highest BCUT2D eigenvalue weighted by Crippen LogP contribution is 2.39. The Morgan fingerprint density at radius 2 is 1.61 bits per heavy atom. The third-order valence-corrected chi connectivity index (χ3v) is 4.82. The number of aromatic nitrogens is 1. The van der Waals surface area contributed by atoms with Crippen LogP contribution in [0.15, 0.2) is 36.4 Å². The number of para-hydroxylation sites is 1. The second-order valence-electron chi connectivity index (χ2n) is 5.75. The summed E-state index contributed by atoms with van der Waals surface area (Å²) in [5, 5.41) is 0.746. The van der Waals surface area contributed by atoms with Gasteiger partial charge < -0.3 is 18.9 Å². The fraction of sp³-hybridized carbons (Fsp3) is 0.333. The third kappa shape index (κ3) is 4.54. The van der Waals surface area contributed by atoms with Crippen molar-refractivity contribution in [2.45, 2.75) is 27.4 Å². The lowest BCUT2D eigenvalue weighted by molar-refractivity contribution is 0.0471. The summed E-state index contributed by atoms with van der Waals surface area (Å²) in [7, 11) is 0. The molecular formula is C21H23NO5S. The van der Waals surface area contributed by atoms with Gasteiger partial charge in [-0.1, -0.05) is 12.1 Å². The third-order valence-electron chi connectivity index (χ3n) is 3.81. The summed E-state index contributed by atoms with van der Waals surface area (Å²) in [5.74, 6) is 0.947. The first-order valence-electron chi connectivity index (χ1n) is 9.24. The smallest absolute Gasteiger partial charge is 0.338 e. The quantitative estimate of drug-likeness (QED) is 0.478. The maximum atomic E-state index is 12.6. The number of carbonyl (C=O) groups excluding carboxylic acids is 1. The molecule has 6 nitrogen and oxygen atoms in total. The van der Waals surface area contributed by atoms with E-state index in [1.54, 1.807) is 12.1 Å². The molecule has 28 heavy (non-hydrogen) atoms. The van der Waals surface area contributed by atoms with Crippen LogP contribution in [0.3, 0.4) is 0 Å². The zero-order valence-electron chi connectivity index (χ0n) is 16.2. The van der Waals surface area contributed by atoms with Gasteiger partial charge in [-0.25, -0.2) is 9.78 Å². The monoisotopic (exact) mass is 401 g/mol. The Balaban J connectivity index is 1.81. The maximum Gasteiger partial charge on any atom is 0.338 e. The lowest BCUT2D eigenvalue weighted by Gasteiger charge is -2.16. The molecule has 0 aliphatic rings. The molecule has 0 aliphatic heterocycles. The van der Waals surface area contributed by atoms with Crippen molar-refractivity contribution in [3.63, 3.8) is 0 Å². The molecule has 0 saturated heterocycles. The van der Waals surface area contributed by atoms with Crippen LogP contribution in [0.4, 0.5) is 0 Å². The van der Waals surface area contributed by atoms with Crippen LogP contribution in [0, 0.1) is 0 Å². The Morgan fingerprint density at radius 3 is 2.21 bits per heavy atom. The largest absolute Gasteiger partial charge is 0.490 e. The van der Waals surface area contributed by atoms with Gasteiger partial charge in [-0.05, 0) is 45.0 Å². The van der Waals surface area contributed by atoms with Crippen molar-refractivity contribution in [2.75, 3.05) is 19.8 Å². The summed E-state index contributed by atoms with van der Waals surface area (Å²) in [6.07, 6.45) is 0. The maximum absolute atomic E-state index is 12.6. The molecule has 1 aromatic heterocycles. The van der Waals surface area contributed by atoms with Gasteiger partial charge in [-0.15, -0.1) is 11.3 Å². The Labute approximate surface area is 168 Å². The minimum atomic E-state index is -0.468. The summed E-state index contributed by atoms with van der Waals surface area (Å²) in [4.78, 5) is 17.1. The van der Waals surface area contributed by atoms with Crippen LogP contribution in [0.2, 0.25) is 0 Å². The fourth-order valence-electron chi connectivity index (χ4n) is 2.70. The van der Waals surface area contributed by atoms with E-state index < -0.39 is 5.97 Å². The minimum Gasteiger partial charge on any atom is -0.490 e. The first kappa shape index (κ1) is 19.9. The Morgan fingerprint density at radius 1 is 0.964 bits per heavy atom. The van der Waals surface area contributed by atoms with E-state index in [2.05, 4.69) is 4.98 Å². The van der Waals surface area contributed by atoms with Gasteiger partial charge >= 0.3 is 5.97 Å². The van der Waals surface area contributed by atoms with Crippen molar-refractivity contribution in [3.05, 3.63) is 47.0 Å². The second-order valence-corrected chi connectivity index (χ2v) is 6.87. The molecule has 0 saturated carbocycles. The number of rotatable bonds is 9. The van der Waals surface area contributed by atoms with Crippen LogP contribution in [0.5, 0.6) is 17.2 Å². The summed E-state index contributed by atoms with van der Waals surface area (Å²) < 4.78 is 23.5. The molecule has 7 heteroatoms. The van der Waals surface area contributed by atoms with E-state index in [0.29, 0.717) is 42.6 Å². The van der Waals surface area contributed by atoms with E-state index >= 15 is 0 Å². The molecule has 0 amide bonds. The summed E-state index contributed by atoms with van der Waals surface area (Å²) in [5.41, 5.74) is 1.24. The molecule has 0 bridgehead atoms. The van der Waals surface area contributed by atoms with E-state index in [0.717, 1.165) is 15.2 Å². The molecule has 3 rings (SSSR count). The SMILES string of the molecule is CCOc1cc(C(=O)OCc2nc3ccccc3s2)cc(OCC)c1OCC. The predicted molar refractivity (Wildman–Crippen MR) is 109 cm³/mol. The van der Waals surface area contributed by atoms with Crippen molar-refractivity contribution >= 4 is 27.5 Å². The van der Waals surface area contributed by atoms with Gasteiger partial charge in [0.2, 0.25) is 5.75 Å². The van der Waals surface area contributed by atoms with Crippen molar-refractivity contribution in [1.82, 2.24) is 4.98 Å². The van der Waals surface area contributed by atoms with Gasteiger partial charge in [0.25, 0.3) is 0 Å². The highest BCUT2D eigenvalue weighted by Gasteiger charge is 2.19.